The number of nitrogens with one attached hydrogen (secondary N) is 1. The highest BCUT2D eigenvalue weighted by Gasteiger charge is 2.08. The highest BCUT2D eigenvalue weighted by Crippen LogP contribution is 2.15. The van der Waals surface area contributed by atoms with Gasteiger partial charge in [0.25, 0.3) is 0 Å². The Hall–Kier alpha value is -0.350. The molecular formula is C10H15BrClN3. The summed E-state index contributed by atoms with van der Waals surface area (Å²) in [7, 11) is 0. The molecule has 1 aromatic heterocycles. The molecule has 0 bridgehead atoms. The van der Waals surface area contributed by atoms with Crippen molar-refractivity contribution in [3.8, 4) is 0 Å². The molecule has 0 saturated heterocycles. The van der Waals surface area contributed by atoms with Gasteiger partial charge in [0, 0.05) is 17.6 Å². The zero-order valence-corrected chi connectivity index (χ0v) is 11.4. The van der Waals surface area contributed by atoms with Crippen LogP contribution in [0.2, 0.25) is 0 Å². The molecule has 3 nitrogen and oxygen atoms in total. The fraction of sp³-hybridized carbons (Fsp3) is 0.600. The van der Waals surface area contributed by atoms with Crippen LogP contribution in [-0.4, -0.2) is 21.4 Å². The van der Waals surface area contributed by atoms with Crippen molar-refractivity contribution in [1.29, 1.82) is 0 Å². The second kappa shape index (κ2) is 5.66. The molecule has 2 atom stereocenters. The van der Waals surface area contributed by atoms with Gasteiger partial charge in [-0.2, -0.15) is 0 Å². The molecule has 0 aromatic carbocycles. The van der Waals surface area contributed by atoms with Crippen LogP contribution in [-0.2, 0) is 0 Å². The Morgan fingerprint density at radius 3 is 2.73 bits per heavy atom. The zero-order valence-electron chi connectivity index (χ0n) is 9.09. The lowest BCUT2D eigenvalue weighted by atomic mass is 10.2. The van der Waals surface area contributed by atoms with E-state index >= 15 is 0 Å². The van der Waals surface area contributed by atoms with Gasteiger partial charge in [-0.05, 0) is 43.1 Å². The number of anilines is 1. The van der Waals surface area contributed by atoms with E-state index in [1.807, 2.05) is 13.8 Å². The molecule has 15 heavy (non-hydrogen) atoms. The Balaban J connectivity index is 2.60. The lowest BCUT2D eigenvalue weighted by Crippen LogP contribution is -2.20. The van der Waals surface area contributed by atoms with Crippen LogP contribution in [0.1, 0.15) is 26.0 Å². The number of halogens is 2. The van der Waals surface area contributed by atoms with Crippen molar-refractivity contribution in [2.24, 2.45) is 0 Å². The van der Waals surface area contributed by atoms with Gasteiger partial charge < -0.3 is 5.32 Å². The van der Waals surface area contributed by atoms with Gasteiger partial charge in [-0.3, -0.25) is 0 Å². The molecule has 1 aromatic rings. The molecule has 0 radical (unpaired) electrons. The van der Waals surface area contributed by atoms with Crippen molar-refractivity contribution in [1.82, 2.24) is 9.97 Å². The van der Waals surface area contributed by atoms with Crippen molar-refractivity contribution in [2.75, 3.05) is 5.32 Å². The molecule has 1 N–H and O–H groups in total. The van der Waals surface area contributed by atoms with E-state index in [-0.39, 0.29) is 11.4 Å². The third kappa shape index (κ3) is 4.34. The third-order valence-corrected chi connectivity index (χ3v) is 2.93. The average molecular weight is 293 g/mol. The van der Waals surface area contributed by atoms with Crippen LogP contribution in [0, 0.1) is 6.92 Å². The summed E-state index contributed by atoms with van der Waals surface area (Å²) in [6.07, 6.45) is 2.64. The summed E-state index contributed by atoms with van der Waals surface area (Å²) in [5.74, 6) is 0.653. The first-order valence-electron chi connectivity index (χ1n) is 4.88. The molecule has 0 spiro atoms. The predicted octanol–water partition coefficient (Wildman–Crippen LogP) is 3.37. The number of nitrogens with zero attached hydrogens (tertiary/aromatic N) is 2. The van der Waals surface area contributed by atoms with Gasteiger partial charge in [-0.25, -0.2) is 9.97 Å². The van der Waals surface area contributed by atoms with Crippen LogP contribution in [0.25, 0.3) is 0 Å². The van der Waals surface area contributed by atoms with Gasteiger partial charge in [0.1, 0.15) is 0 Å². The van der Waals surface area contributed by atoms with E-state index in [0.717, 1.165) is 16.6 Å². The lowest BCUT2D eigenvalue weighted by Gasteiger charge is -2.15. The number of hydrogen-bond donors (Lipinski definition) is 1. The van der Waals surface area contributed by atoms with Gasteiger partial charge >= 0.3 is 0 Å². The average Bonchev–Trinajstić information content (AvgIpc) is 2.10. The molecule has 2 unspecified atom stereocenters. The smallest absolute Gasteiger partial charge is 0.223 e. The van der Waals surface area contributed by atoms with Gasteiger partial charge in [0.2, 0.25) is 5.95 Å². The molecule has 0 amide bonds. The molecule has 0 fully saturated rings. The van der Waals surface area contributed by atoms with Crippen LogP contribution in [0.4, 0.5) is 5.95 Å². The van der Waals surface area contributed by atoms with E-state index in [2.05, 4.69) is 38.1 Å². The Labute approximate surface area is 104 Å². The molecule has 0 aliphatic rings. The maximum absolute atomic E-state index is 5.91. The first kappa shape index (κ1) is 12.7. The monoisotopic (exact) mass is 291 g/mol. The van der Waals surface area contributed by atoms with Gasteiger partial charge in [-0.15, -0.1) is 11.6 Å². The zero-order chi connectivity index (χ0) is 11.4. The van der Waals surface area contributed by atoms with Crippen LogP contribution >= 0.6 is 27.5 Å². The largest absolute Gasteiger partial charge is 0.352 e. The minimum Gasteiger partial charge on any atom is -0.352 e. The van der Waals surface area contributed by atoms with Crippen LogP contribution in [0.15, 0.2) is 10.7 Å². The Morgan fingerprint density at radius 1 is 1.53 bits per heavy atom. The summed E-state index contributed by atoms with van der Waals surface area (Å²) >= 11 is 9.27. The molecule has 0 aliphatic carbocycles. The standard InChI is InChI=1S/C10H15BrClN3/c1-6(12)4-7(2)14-10-13-5-9(11)8(3)15-10/h5-7H,4H2,1-3H3,(H,13,14,15). The van der Waals surface area contributed by atoms with Crippen LogP contribution in [0.5, 0.6) is 0 Å². The highest BCUT2D eigenvalue weighted by atomic mass is 79.9. The Kier molecular flexibility index (Phi) is 4.80. The second-order valence-electron chi connectivity index (χ2n) is 3.69. The number of aryl methyl sites for hydroxylation is 1. The van der Waals surface area contributed by atoms with E-state index in [0.29, 0.717) is 5.95 Å². The fourth-order valence-electron chi connectivity index (χ4n) is 1.29. The summed E-state index contributed by atoms with van der Waals surface area (Å²) in [4.78, 5) is 8.48. The number of aromatic nitrogens is 2. The summed E-state index contributed by atoms with van der Waals surface area (Å²) < 4.78 is 0.923. The predicted molar refractivity (Wildman–Crippen MR) is 67.5 cm³/mol. The van der Waals surface area contributed by atoms with Gasteiger partial charge in [0.05, 0.1) is 10.2 Å². The van der Waals surface area contributed by atoms with Crippen molar-refractivity contribution in [3.63, 3.8) is 0 Å². The number of hydrogen-bond acceptors (Lipinski definition) is 3. The molecule has 5 heteroatoms. The lowest BCUT2D eigenvalue weighted by molar-refractivity contribution is 0.689. The molecule has 0 aliphatic heterocycles. The minimum atomic E-state index is 0.157. The van der Waals surface area contributed by atoms with Crippen molar-refractivity contribution in [3.05, 3.63) is 16.4 Å². The normalized spacial score (nSPS) is 14.7. The van der Waals surface area contributed by atoms with E-state index in [4.69, 9.17) is 11.6 Å². The maximum atomic E-state index is 5.91. The second-order valence-corrected chi connectivity index (χ2v) is 5.29. The van der Waals surface area contributed by atoms with Crippen LogP contribution < -0.4 is 5.32 Å². The summed E-state index contributed by atoms with van der Waals surface area (Å²) in [5.41, 5.74) is 0.929. The third-order valence-electron chi connectivity index (χ3n) is 1.97. The number of alkyl halides is 1. The molecular weight excluding hydrogens is 277 g/mol. The van der Waals surface area contributed by atoms with Crippen LogP contribution in [0.3, 0.4) is 0 Å². The van der Waals surface area contributed by atoms with Crippen molar-refractivity contribution >= 4 is 33.5 Å². The quantitative estimate of drug-likeness (QED) is 0.865. The number of rotatable bonds is 4. The SMILES string of the molecule is Cc1nc(NC(C)CC(C)Cl)ncc1Br. The first-order valence-corrected chi connectivity index (χ1v) is 6.11. The van der Waals surface area contributed by atoms with E-state index in [9.17, 15) is 0 Å². The summed E-state index contributed by atoms with van der Waals surface area (Å²) in [6.45, 7) is 5.98. The van der Waals surface area contributed by atoms with E-state index in [1.165, 1.54) is 0 Å². The van der Waals surface area contributed by atoms with E-state index < -0.39 is 0 Å². The highest BCUT2D eigenvalue weighted by molar-refractivity contribution is 9.10. The topological polar surface area (TPSA) is 37.8 Å². The van der Waals surface area contributed by atoms with Gasteiger partial charge in [0.15, 0.2) is 0 Å². The molecule has 0 saturated carbocycles. The van der Waals surface area contributed by atoms with Crippen molar-refractivity contribution in [2.45, 2.75) is 38.6 Å². The minimum absolute atomic E-state index is 0.157. The fourth-order valence-corrected chi connectivity index (χ4v) is 1.75. The summed E-state index contributed by atoms with van der Waals surface area (Å²) in [6, 6.07) is 0.276. The molecule has 84 valence electrons. The van der Waals surface area contributed by atoms with Gasteiger partial charge in [-0.1, -0.05) is 0 Å². The Morgan fingerprint density at radius 2 is 2.20 bits per heavy atom. The first-order chi connectivity index (χ1) is 6.99. The molecule has 1 heterocycles. The summed E-state index contributed by atoms with van der Waals surface area (Å²) in [5, 5.41) is 3.37. The Bertz CT molecular complexity index is 330. The van der Waals surface area contributed by atoms with Crippen molar-refractivity contribution < 1.29 is 0 Å². The maximum Gasteiger partial charge on any atom is 0.223 e. The van der Waals surface area contributed by atoms with E-state index in [1.54, 1.807) is 6.20 Å². The molecule has 1 rings (SSSR count).